The third-order valence-electron chi connectivity index (χ3n) is 14.1. The lowest BCUT2D eigenvalue weighted by molar-refractivity contribution is -0.136. The van der Waals surface area contributed by atoms with Gasteiger partial charge < -0.3 is 26.0 Å². The number of fused-ring (bicyclic) bond motifs is 2. The quantitative estimate of drug-likeness (QED) is 0.0812. The highest BCUT2D eigenvalue weighted by Gasteiger charge is 2.25. The van der Waals surface area contributed by atoms with E-state index in [4.69, 9.17) is 30.8 Å². The Hall–Kier alpha value is -9.26. The molecule has 19 nitrogen and oxygen atoms in total. The second-order valence-electron chi connectivity index (χ2n) is 19.9. The molecule has 12 rings (SSSR count). The number of halogens is 2. The van der Waals surface area contributed by atoms with Gasteiger partial charge in [0.25, 0.3) is 0 Å². The van der Waals surface area contributed by atoms with E-state index in [1.807, 2.05) is 83.2 Å². The molecule has 0 atom stereocenters. The smallest absolute Gasteiger partial charge is 0.311 e. The molecule has 0 amide bonds. The molecule has 4 N–H and O–H groups in total. The van der Waals surface area contributed by atoms with Gasteiger partial charge in [-0.2, -0.15) is 10.5 Å². The average Bonchev–Trinajstić information content (AvgIpc) is 3.14. The molecule has 1 saturated carbocycles. The number of carbonyl (C=O) groups is 2. The number of aryl methyl sites for hydroxylation is 2. The molecule has 2 fully saturated rings. The number of thiazole rings is 2. The number of benzene rings is 2. The second kappa shape index (κ2) is 26.3. The average molecular weight is 1170 g/mol. The lowest BCUT2D eigenvalue weighted by Gasteiger charge is -2.26. The normalized spacial score (nSPS) is 12.8. The number of anilines is 4. The summed E-state index contributed by atoms with van der Waals surface area (Å²) in [6, 6.07) is 24.6. The van der Waals surface area contributed by atoms with Gasteiger partial charge in [-0.15, -0.1) is 0 Å². The van der Waals surface area contributed by atoms with Crippen molar-refractivity contribution in [2.45, 2.75) is 78.7 Å². The summed E-state index contributed by atoms with van der Waals surface area (Å²) in [6.07, 6.45) is 16.4. The summed E-state index contributed by atoms with van der Waals surface area (Å²) in [6.45, 7) is 5.86. The van der Waals surface area contributed by atoms with E-state index in [1.54, 1.807) is 49.1 Å². The number of carboxylic acid groups (broad SMARTS) is 1. The molecular weight excluding hydrogens is 1110 g/mol. The van der Waals surface area contributed by atoms with Gasteiger partial charge in [0.05, 0.1) is 17.8 Å². The zero-order chi connectivity index (χ0) is 58.3. The van der Waals surface area contributed by atoms with Crippen molar-refractivity contribution < 1.29 is 23.5 Å². The van der Waals surface area contributed by atoms with Crippen molar-refractivity contribution in [2.75, 3.05) is 37.0 Å². The van der Waals surface area contributed by atoms with E-state index in [2.05, 4.69) is 37.4 Å². The number of carboxylic acids is 1. The Kier molecular flexibility index (Phi) is 18.6. The molecule has 1 saturated heterocycles. The van der Waals surface area contributed by atoms with Crippen LogP contribution in [0.4, 0.5) is 30.7 Å². The van der Waals surface area contributed by atoms with Gasteiger partial charge >= 0.3 is 5.97 Å². The highest BCUT2D eigenvalue weighted by Crippen LogP contribution is 2.39. The van der Waals surface area contributed by atoms with Crippen molar-refractivity contribution >= 4 is 67.6 Å². The molecule has 23 heteroatoms. The van der Waals surface area contributed by atoms with Gasteiger partial charge in [-0.1, -0.05) is 50.4 Å². The Balaban J connectivity index is 0.000000184. The highest BCUT2D eigenvalue weighted by molar-refractivity contribution is 7.17. The summed E-state index contributed by atoms with van der Waals surface area (Å²) in [7, 11) is 3.77. The summed E-state index contributed by atoms with van der Waals surface area (Å²) in [4.78, 5) is 64.3. The van der Waals surface area contributed by atoms with Crippen LogP contribution in [-0.4, -0.2) is 98.8 Å². The Morgan fingerprint density at radius 3 is 1.40 bits per heavy atom. The monoisotopic (exact) mass is 1170 g/mol. The molecule has 8 aromatic heterocycles. The number of ketones is 1. The van der Waals surface area contributed by atoms with Crippen LogP contribution in [0.15, 0.2) is 110 Å². The summed E-state index contributed by atoms with van der Waals surface area (Å²) in [5.41, 5.74) is 14.3. The molecule has 0 bridgehead atoms. The van der Waals surface area contributed by atoms with Gasteiger partial charge in [0.2, 0.25) is 0 Å². The van der Waals surface area contributed by atoms with E-state index in [9.17, 15) is 28.9 Å². The molecule has 10 aromatic rings. The molecule has 0 spiro atoms. The predicted octanol–water partition coefficient (Wildman–Crippen LogP) is 11.0. The fraction of sp³-hybridized carbons (Fsp3) is 0.279. The molecule has 2 aromatic carbocycles. The number of Topliss-reactive ketones (excluding diaryl/α,β-unsaturated/α-hetero) is 1. The largest absolute Gasteiger partial charge is 0.481 e. The third-order valence-corrected chi connectivity index (χ3v) is 16.2. The number of aromatic nitrogens is 10. The van der Waals surface area contributed by atoms with Crippen LogP contribution in [0, 0.1) is 40.2 Å². The summed E-state index contributed by atoms with van der Waals surface area (Å²) in [5.74, 6) is 1.29. The zero-order valence-corrected chi connectivity index (χ0v) is 47.4. The number of nitrogens with zero attached hydrogens (tertiary/aromatic N) is 14. The number of hydrogen-bond donors (Lipinski definition) is 3. The van der Waals surface area contributed by atoms with Crippen molar-refractivity contribution in [2.24, 2.45) is 11.7 Å². The first-order chi connectivity index (χ1) is 40.2. The van der Waals surface area contributed by atoms with Gasteiger partial charge in [-0.3, -0.25) is 18.4 Å². The van der Waals surface area contributed by atoms with E-state index in [-0.39, 0.29) is 43.5 Å². The molecule has 0 unspecified atom stereocenters. The van der Waals surface area contributed by atoms with Crippen LogP contribution < -0.4 is 20.9 Å². The number of nitriles is 2. The minimum Gasteiger partial charge on any atom is -0.481 e. The van der Waals surface area contributed by atoms with Gasteiger partial charge in [-0.25, -0.2) is 48.7 Å². The standard InChI is InChI=1S/C30H27FN8OS.C26H20FN7O2S.C4H9N.CH4/c1-3-24-29(38(2)30-37-28(25(12-32)41-30)19-4-7-22(31)8-5-19)39-17-20(6-9-27(39)36-24)21-15-34-26(35-16-21)11-23(40)10-18-13-33-14-18;1-3-19-25(33(2)26-32-24(20(11-28)37-26)15-4-7-18(27)8-5-15)34-14-16(6-9-22(34)31-19)17-12-29-21(30-13-17)10-23(35)36;5-4-2-1-3-4;/h4-9,15-18,33H,3,10-11,13-14H2,1-2H3;4-9,12-14H,3,10H2,1-2H3,(H,35,36);4H,1-3,5H2;1H4. The molecule has 9 heterocycles. The number of nitrogens with one attached hydrogen (secondary N) is 1. The lowest BCUT2D eigenvalue weighted by Crippen LogP contribution is -2.43. The Bertz CT molecular complexity index is 4050. The van der Waals surface area contributed by atoms with Crippen molar-refractivity contribution in [1.82, 2.24) is 54.0 Å². The molecular formula is C61H60F2N16O3S2. The van der Waals surface area contributed by atoms with Crippen LogP contribution >= 0.6 is 22.7 Å². The zero-order valence-electron chi connectivity index (χ0n) is 45.8. The van der Waals surface area contributed by atoms with Gasteiger partial charge in [0.15, 0.2) is 10.3 Å². The third kappa shape index (κ3) is 13.1. The summed E-state index contributed by atoms with van der Waals surface area (Å²) < 4.78 is 30.9. The number of imidazole rings is 2. The molecule has 84 heavy (non-hydrogen) atoms. The van der Waals surface area contributed by atoms with E-state index >= 15 is 0 Å². The number of carbonyl (C=O) groups excluding carboxylic acids is 1. The molecule has 2 aliphatic rings. The molecule has 428 valence electrons. The number of aliphatic carboxylic acids is 1. The fourth-order valence-corrected chi connectivity index (χ4v) is 11.1. The summed E-state index contributed by atoms with van der Waals surface area (Å²) >= 11 is 2.53. The van der Waals surface area contributed by atoms with Crippen molar-refractivity contribution in [3.8, 4) is 56.9 Å². The molecule has 0 radical (unpaired) electrons. The topological polar surface area (TPSA) is 258 Å². The van der Waals surface area contributed by atoms with E-state index in [1.165, 1.54) is 66.2 Å². The summed E-state index contributed by atoms with van der Waals surface area (Å²) in [5, 5.41) is 32.9. The van der Waals surface area contributed by atoms with Crippen LogP contribution in [0.25, 0.3) is 56.1 Å². The first kappa shape index (κ1) is 59.4. The van der Waals surface area contributed by atoms with Crippen LogP contribution in [0.1, 0.15) is 79.7 Å². The molecule has 1 aliphatic carbocycles. The second-order valence-corrected chi connectivity index (χ2v) is 21.9. The number of pyridine rings is 2. The Labute approximate surface area is 491 Å². The maximum atomic E-state index is 13.5. The predicted molar refractivity (Wildman–Crippen MR) is 321 cm³/mol. The van der Waals surface area contributed by atoms with Crippen LogP contribution in [0.2, 0.25) is 0 Å². The van der Waals surface area contributed by atoms with Gasteiger partial charge in [0.1, 0.15) is 91.7 Å². The fourth-order valence-electron chi connectivity index (χ4n) is 9.36. The van der Waals surface area contributed by atoms with Crippen LogP contribution in [0.5, 0.6) is 0 Å². The van der Waals surface area contributed by atoms with Crippen molar-refractivity contribution in [1.29, 1.82) is 10.5 Å². The van der Waals surface area contributed by atoms with Gasteiger partial charge in [0, 0.05) is 97.1 Å². The minimum absolute atomic E-state index is 0. The maximum Gasteiger partial charge on any atom is 0.311 e. The van der Waals surface area contributed by atoms with E-state index in [0.717, 1.165) is 69.7 Å². The Morgan fingerprint density at radius 2 is 1.06 bits per heavy atom. The first-order valence-corrected chi connectivity index (χ1v) is 28.5. The number of nitrogens with two attached hydrogens (primary N) is 1. The van der Waals surface area contributed by atoms with Gasteiger partial charge in [-0.05, 0) is 117 Å². The van der Waals surface area contributed by atoms with Crippen LogP contribution in [-0.2, 0) is 35.3 Å². The van der Waals surface area contributed by atoms with E-state index in [0.29, 0.717) is 79.6 Å². The lowest BCUT2D eigenvalue weighted by atomic mass is 9.95. The number of hydrogen-bond acceptors (Lipinski definition) is 18. The SMILES string of the molecule is C.CCc1nc2ccc(-c3cnc(CC(=O)CC4CNC4)nc3)cn2c1N(C)c1nc(-c2ccc(F)cc2)c(C#N)s1.CCc1nc2ccc(-c3cnc(CC(=O)O)nc3)cn2c1N(C)c1nc(-c2ccc(F)cc2)c(C#N)s1.NC1CCC1. The minimum atomic E-state index is -0.989. The highest BCUT2D eigenvalue weighted by atomic mass is 32.1. The first-order valence-electron chi connectivity index (χ1n) is 26.9. The molecule has 1 aliphatic heterocycles. The van der Waals surface area contributed by atoms with Crippen molar-refractivity contribution in [3.05, 3.63) is 154 Å². The van der Waals surface area contributed by atoms with E-state index < -0.39 is 5.97 Å². The Morgan fingerprint density at radius 1 is 0.655 bits per heavy atom. The maximum absolute atomic E-state index is 13.5. The number of rotatable bonds is 16. The van der Waals surface area contributed by atoms with Crippen molar-refractivity contribution in [3.63, 3.8) is 0 Å². The van der Waals surface area contributed by atoms with Crippen LogP contribution in [0.3, 0.4) is 0 Å².